The van der Waals surface area contributed by atoms with Crippen molar-refractivity contribution in [2.75, 3.05) is 13.1 Å². The zero-order valence-electron chi connectivity index (χ0n) is 19.4. The first kappa shape index (κ1) is 22.9. The highest BCUT2D eigenvalue weighted by Crippen LogP contribution is 2.28. The third-order valence-electron chi connectivity index (χ3n) is 6.74. The molecule has 2 fully saturated rings. The number of imide groups is 1. The molecule has 2 aromatic rings. The maximum Gasteiger partial charge on any atom is 0.317 e. The van der Waals surface area contributed by atoms with Crippen LogP contribution in [0.3, 0.4) is 0 Å². The van der Waals surface area contributed by atoms with Crippen LogP contribution in [0.1, 0.15) is 47.2 Å². The Kier molecular flexibility index (Phi) is 6.39. The molecule has 0 radical (unpaired) electrons. The maximum atomic E-state index is 12.8. The van der Waals surface area contributed by atoms with Gasteiger partial charge in [0.1, 0.15) is 17.9 Å². The Hall–Kier alpha value is -3.88. The number of hydrogen-bond acceptors (Lipinski definition) is 5. The van der Waals surface area contributed by atoms with Crippen LogP contribution in [0.4, 0.5) is 4.79 Å². The molecule has 182 valence electrons. The van der Waals surface area contributed by atoms with Crippen molar-refractivity contribution in [2.24, 2.45) is 0 Å². The minimum absolute atomic E-state index is 0.0406. The lowest BCUT2D eigenvalue weighted by Gasteiger charge is -2.33. The number of amides is 5. The second-order valence-electron chi connectivity index (χ2n) is 9.19. The lowest BCUT2D eigenvalue weighted by Crippen LogP contribution is -2.52. The standard InChI is InChI=1S/C26H28N4O5/c31-23-11-10-22(24(32)28-23)30-15-18-13-17(8-9-21(18)25(30)33)14-27-26(34)29-12-4-7-20(16-29)35-19-5-2-1-3-6-19/h1-3,5-6,8-9,13,20,22H,4,7,10-12,14-16H2,(H,27,34)(H,28,31,32). The molecule has 2 unspecified atom stereocenters. The fraction of sp³-hybridized carbons (Fsp3) is 0.385. The third kappa shape index (κ3) is 4.99. The largest absolute Gasteiger partial charge is 0.489 e. The van der Waals surface area contributed by atoms with Gasteiger partial charge in [0.25, 0.3) is 5.91 Å². The van der Waals surface area contributed by atoms with Gasteiger partial charge >= 0.3 is 6.03 Å². The van der Waals surface area contributed by atoms with Crippen molar-refractivity contribution in [3.05, 3.63) is 65.2 Å². The number of rotatable bonds is 5. The van der Waals surface area contributed by atoms with Crippen LogP contribution in [0, 0.1) is 0 Å². The van der Waals surface area contributed by atoms with Gasteiger partial charge in [-0.3, -0.25) is 19.7 Å². The Morgan fingerprint density at radius 1 is 1.09 bits per heavy atom. The zero-order valence-corrected chi connectivity index (χ0v) is 19.4. The van der Waals surface area contributed by atoms with Gasteiger partial charge in [-0.15, -0.1) is 0 Å². The number of carbonyl (C=O) groups is 4. The second kappa shape index (κ2) is 9.77. The Morgan fingerprint density at radius 3 is 2.71 bits per heavy atom. The summed E-state index contributed by atoms with van der Waals surface area (Å²) in [5.41, 5.74) is 2.26. The molecule has 35 heavy (non-hydrogen) atoms. The van der Waals surface area contributed by atoms with E-state index in [2.05, 4.69) is 10.6 Å². The van der Waals surface area contributed by atoms with Crippen LogP contribution in [-0.4, -0.2) is 58.8 Å². The molecule has 0 spiro atoms. The fourth-order valence-electron chi connectivity index (χ4n) is 4.94. The highest BCUT2D eigenvalue weighted by Gasteiger charge is 2.39. The fourth-order valence-corrected chi connectivity index (χ4v) is 4.94. The molecule has 0 saturated carbocycles. The Labute approximate surface area is 203 Å². The predicted octanol–water partition coefficient (Wildman–Crippen LogP) is 2.20. The summed E-state index contributed by atoms with van der Waals surface area (Å²) >= 11 is 0. The zero-order chi connectivity index (χ0) is 24.4. The van der Waals surface area contributed by atoms with Crippen molar-refractivity contribution in [2.45, 2.75) is 50.9 Å². The van der Waals surface area contributed by atoms with Crippen LogP contribution in [0.25, 0.3) is 0 Å². The first-order valence-electron chi connectivity index (χ1n) is 12.0. The smallest absolute Gasteiger partial charge is 0.317 e. The molecule has 2 saturated heterocycles. The molecular formula is C26H28N4O5. The number of likely N-dealkylation sites (tertiary alicyclic amines) is 1. The number of ether oxygens (including phenoxy) is 1. The van der Waals surface area contributed by atoms with Gasteiger partial charge in [-0.05, 0) is 48.6 Å². The molecule has 0 aromatic heterocycles. The molecule has 3 aliphatic rings. The monoisotopic (exact) mass is 476 g/mol. The molecule has 2 N–H and O–H groups in total. The number of hydrogen-bond donors (Lipinski definition) is 2. The topological polar surface area (TPSA) is 108 Å². The molecular weight excluding hydrogens is 448 g/mol. The summed E-state index contributed by atoms with van der Waals surface area (Å²) in [5, 5.41) is 5.29. The molecule has 9 nitrogen and oxygen atoms in total. The quantitative estimate of drug-likeness (QED) is 0.644. The van der Waals surface area contributed by atoms with Gasteiger partial charge in [0.05, 0.1) is 6.54 Å². The average molecular weight is 477 g/mol. The van der Waals surface area contributed by atoms with Crippen LogP contribution >= 0.6 is 0 Å². The van der Waals surface area contributed by atoms with Crippen LogP contribution in [0.5, 0.6) is 5.75 Å². The van der Waals surface area contributed by atoms with Crippen molar-refractivity contribution in [1.29, 1.82) is 0 Å². The summed E-state index contributed by atoms with van der Waals surface area (Å²) in [5.74, 6) is -0.132. The Balaban J connectivity index is 1.16. The van der Waals surface area contributed by atoms with Crippen molar-refractivity contribution < 1.29 is 23.9 Å². The Morgan fingerprint density at radius 2 is 1.91 bits per heavy atom. The van der Waals surface area contributed by atoms with E-state index in [-0.39, 0.29) is 30.4 Å². The lowest BCUT2D eigenvalue weighted by atomic mass is 10.0. The summed E-state index contributed by atoms with van der Waals surface area (Å²) in [6, 6.07) is 14.3. The van der Waals surface area contributed by atoms with Gasteiger partial charge in [-0.2, -0.15) is 0 Å². The number of benzene rings is 2. The summed E-state index contributed by atoms with van der Waals surface area (Å²) in [4.78, 5) is 52.6. The van der Waals surface area contributed by atoms with E-state index >= 15 is 0 Å². The number of piperidine rings is 2. The number of fused-ring (bicyclic) bond motifs is 1. The molecule has 0 aliphatic carbocycles. The van der Waals surface area contributed by atoms with E-state index in [1.807, 2.05) is 42.5 Å². The molecule has 3 heterocycles. The van der Waals surface area contributed by atoms with E-state index in [0.717, 1.165) is 29.7 Å². The van der Waals surface area contributed by atoms with Gasteiger partial charge in [-0.25, -0.2) is 4.79 Å². The molecule has 2 atom stereocenters. The van der Waals surface area contributed by atoms with Crippen molar-refractivity contribution in [3.8, 4) is 5.75 Å². The van der Waals surface area contributed by atoms with E-state index in [1.165, 1.54) is 4.90 Å². The van der Waals surface area contributed by atoms with Gasteiger partial charge in [0.15, 0.2) is 0 Å². The summed E-state index contributed by atoms with van der Waals surface area (Å²) in [7, 11) is 0. The van der Waals surface area contributed by atoms with Crippen LogP contribution in [0.2, 0.25) is 0 Å². The average Bonchev–Trinajstić information content (AvgIpc) is 3.18. The molecule has 2 aromatic carbocycles. The van der Waals surface area contributed by atoms with Crippen LogP contribution in [0.15, 0.2) is 48.5 Å². The molecule has 5 amide bonds. The highest BCUT2D eigenvalue weighted by atomic mass is 16.5. The number of para-hydroxylation sites is 1. The summed E-state index contributed by atoms with van der Waals surface area (Å²) < 4.78 is 6.03. The number of urea groups is 1. The van der Waals surface area contributed by atoms with Crippen molar-refractivity contribution >= 4 is 23.8 Å². The SMILES string of the molecule is O=C1CCC(N2Cc3cc(CNC(=O)N4CCCC(Oc5ccccc5)C4)ccc3C2=O)C(=O)N1. The van der Waals surface area contributed by atoms with E-state index in [0.29, 0.717) is 38.2 Å². The normalized spacial score (nSPS) is 22.0. The molecule has 9 heteroatoms. The van der Waals surface area contributed by atoms with Gasteiger partial charge in [0, 0.05) is 31.6 Å². The summed E-state index contributed by atoms with van der Waals surface area (Å²) in [6.45, 7) is 1.85. The first-order chi connectivity index (χ1) is 17.0. The van der Waals surface area contributed by atoms with E-state index in [4.69, 9.17) is 4.74 Å². The van der Waals surface area contributed by atoms with Crippen molar-refractivity contribution in [3.63, 3.8) is 0 Å². The maximum absolute atomic E-state index is 12.8. The highest BCUT2D eigenvalue weighted by molar-refractivity contribution is 6.05. The number of nitrogens with zero attached hydrogens (tertiary/aromatic N) is 2. The number of carbonyl (C=O) groups excluding carboxylic acids is 4. The lowest BCUT2D eigenvalue weighted by molar-refractivity contribution is -0.136. The third-order valence-corrected chi connectivity index (χ3v) is 6.74. The minimum Gasteiger partial charge on any atom is -0.489 e. The van der Waals surface area contributed by atoms with Crippen LogP contribution < -0.4 is 15.4 Å². The van der Waals surface area contributed by atoms with Crippen LogP contribution in [-0.2, 0) is 22.7 Å². The van der Waals surface area contributed by atoms with Gasteiger partial charge in [-0.1, -0.05) is 30.3 Å². The van der Waals surface area contributed by atoms with Crippen molar-refractivity contribution in [1.82, 2.24) is 20.4 Å². The predicted molar refractivity (Wildman–Crippen MR) is 126 cm³/mol. The van der Waals surface area contributed by atoms with E-state index in [9.17, 15) is 19.2 Å². The van der Waals surface area contributed by atoms with E-state index in [1.54, 1.807) is 11.0 Å². The minimum atomic E-state index is -0.638. The molecule has 5 rings (SSSR count). The second-order valence-corrected chi connectivity index (χ2v) is 9.19. The number of nitrogens with one attached hydrogen (secondary N) is 2. The van der Waals surface area contributed by atoms with Gasteiger partial charge in [0.2, 0.25) is 11.8 Å². The Bertz CT molecular complexity index is 1150. The summed E-state index contributed by atoms with van der Waals surface area (Å²) in [6.07, 6.45) is 2.30. The van der Waals surface area contributed by atoms with E-state index < -0.39 is 11.9 Å². The van der Waals surface area contributed by atoms with Gasteiger partial charge < -0.3 is 19.9 Å². The first-order valence-corrected chi connectivity index (χ1v) is 12.0. The molecule has 0 bridgehead atoms. The molecule has 3 aliphatic heterocycles.